The topological polar surface area (TPSA) is 142 Å². The van der Waals surface area contributed by atoms with Gasteiger partial charge in [0.2, 0.25) is 5.91 Å². The van der Waals surface area contributed by atoms with Crippen molar-refractivity contribution < 1.29 is 27.5 Å². The van der Waals surface area contributed by atoms with Crippen LogP contribution in [0, 0.1) is 5.41 Å². The van der Waals surface area contributed by atoms with Gasteiger partial charge in [-0.15, -0.1) is 0 Å². The smallest absolute Gasteiger partial charge is 0.287 e. The molecule has 3 N–H and O–H groups in total. The molecule has 2 aromatic heterocycles. The molecule has 2 aliphatic rings. The van der Waals surface area contributed by atoms with E-state index >= 15 is 0 Å². The van der Waals surface area contributed by atoms with E-state index < -0.39 is 46.1 Å². The molecule has 1 aliphatic heterocycles. The van der Waals surface area contributed by atoms with Crippen molar-refractivity contribution in [3.8, 4) is 0 Å². The van der Waals surface area contributed by atoms with Crippen LogP contribution < -0.4 is 10.6 Å². The monoisotopic (exact) mass is 532 g/mol. The third-order valence-electron chi connectivity index (χ3n) is 7.63. The molecule has 2 fully saturated rings. The maximum absolute atomic E-state index is 13.5. The van der Waals surface area contributed by atoms with E-state index in [1.54, 1.807) is 25.1 Å². The lowest BCUT2D eigenvalue weighted by atomic mass is 9.81. The van der Waals surface area contributed by atoms with E-state index in [4.69, 9.17) is 4.42 Å². The predicted molar refractivity (Wildman–Crippen MR) is 136 cm³/mol. The fraction of sp³-hybridized carbons (Fsp3) is 0.577. The number of nitrogens with zero attached hydrogens (tertiary/aromatic N) is 2. The fourth-order valence-corrected chi connectivity index (χ4v) is 7.04. The van der Waals surface area contributed by atoms with E-state index in [1.165, 1.54) is 28.9 Å². The van der Waals surface area contributed by atoms with Gasteiger partial charge in [-0.25, -0.2) is 13.4 Å². The molecule has 3 heterocycles. The molecule has 4 atom stereocenters. The Balaban J connectivity index is 1.48. The van der Waals surface area contributed by atoms with E-state index in [-0.39, 0.29) is 22.7 Å². The molecule has 1 aliphatic carbocycles. The minimum absolute atomic E-state index is 0.0808. The summed E-state index contributed by atoms with van der Waals surface area (Å²) >= 11 is 0. The Morgan fingerprint density at radius 2 is 1.97 bits per heavy atom. The van der Waals surface area contributed by atoms with Crippen molar-refractivity contribution in [2.75, 3.05) is 6.54 Å². The molecular weight excluding hydrogens is 496 g/mol. The summed E-state index contributed by atoms with van der Waals surface area (Å²) in [5, 5.41) is 16.6. The Labute approximate surface area is 217 Å². The van der Waals surface area contributed by atoms with Gasteiger partial charge in [0.15, 0.2) is 10.8 Å². The third-order valence-corrected chi connectivity index (χ3v) is 9.53. The molecule has 11 heteroatoms. The van der Waals surface area contributed by atoms with Crippen LogP contribution in [0.5, 0.6) is 0 Å². The average molecular weight is 533 g/mol. The molecule has 4 rings (SSSR count). The van der Waals surface area contributed by atoms with Gasteiger partial charge in [0, 0.05) is 18.8 Å². The molecule has 2 aromatic rings. The Morgan fingerprint density at radius 3 is 2.62 bits per heavy atom. The maximum Gasteiger partial charge on any atom is 0.287 e. The molecule has 0 aromatic carbocycles. The maximum atomic E-state index is 13.5. The van der Waals surface area contributed by atoms with Crippen LogP contribution in [0.25, 0.3) is 0 Å². The van der Waals surface area contributed by atoms with E-state index in [1.807, 2.05) is 0 Å². The highest BCUT2D eigenvalue weighted by Gasteiger charge is 2.40. The summed E-state index contributed by atoms with van der Waals surface area (Å²) in [6, 6.07) is 5.93. The van der Waals surface area contributed by atoms with E-state index in [0.717, 1.165) is 25.7 Å². The number of pyridine rings is 1. The van der Waals surface area contributed by atoms with Crippen LogP contribution >= 0.6 is 0 Å². The molecule has 10 nitrogen and oxygen atoms in total. The van der Waals surface area contributed by atoms with Gasteiger partial charge in [-0.2, -0.15) is 4.31 Å². The Hall–Kier alpha value is -2.76. The number of sulfonamides is 1. The third kappa shape index (κ3) is 6.39. The van der Waals surface area contributed by atoms with Crippen molar-refractivity contribution in [1.82, 2.24) is 19.9 Å². The van der Waals surface area contributed by atoms with Crippen molar-refractivity contribution in [3.63, 3.8) is 0 Å². The average Bonchev–Trinajstić information content (AvgIpc) is 3.54. The Bertz CT molecular complexity index is 1160. The van der Waals surface area contributed by atoms with Gasteiger partial charge in [0.25, 0.3) is 15.9 Å². The predicted octanol–water partition coefficient (Wildman–Crippen LogP) is 2.46. The number of furan rings is 1. The number of aromatic nitrogens is 1. The summed E-state index contributed by atoms with van der Waals surface area (Å²) in [7, 11) is -3.92. The zero-order valence-electron chi connectivity index (χ0n) is 21.3. The quantitative estimate of drug-likeness (QED) is 0.474. The molecule has 1 unspecified atom stereocenters. The van der Waals surface area contributed by atoms with Crippen LogP contribution in [0.15, 0.2) is 52.2 Å². The number of amides is 2. The van der Waals surface area contributed by atoms with Gasteiger partial charge in [0.05, 0.1) is 18.4 Å². The highest BCUT2D eigenvalue weighted by molar-refractivity contribution is 7.89. The van der Waals surface area contributed by atoms with Gasteiger partial charge < -0.3 is 20.2 Å². The lowest BCUT2D eigenvalue weighted by Crippen LogP contribution is -2.54. The summed E-state index contributed by atoms with van der Waals surface area (Å²) in [5.41, 5.74) is -0.0808. The van der Waals surface area contributed by atoms with E-state index in [2.05, 4.69) is 22.5 Å². The minimum atomic E-state index is -3.92. The summed E-state index contributed by atoms with van der Waals surface area (Å²) in [6.07, 6.45) is 7.07. The SMILES string of the molecule is C[C@@H]1CC[C@H](NC(=O)C(CC2(C)CCCC2)NC(=O)c2ccco2)[C@@H](O)CN1S(=O)(=O)c1ccccn1. The first-order chi connectivity index (χ1) is 17.6. The van der Waals surface area contributed by atoms with E-state index in [0.29, 0.717) is 19.3 Å². The van der Waals surface area contributed by atoms with Gasteiger partial charge >= 0.3 is 0 Å². The highest BCUT2D eigenvalue weighted by atomic mass is 32.2. The van der Waals surface area contributed by atoms with Crippen LogP contribution in [0.1, 0.15) is 69.3 Å². The molecular formula is C26H36N4O6S. The molecule has 0 radical (unpaired) electrons. The summed E-state index contributed by atoms with van der Waals surface area (Å²) < 4.78 is 32.9. The molecule has 202 valence electrons. The number of aliphatic hydroxyl groups excluding tert-OH is 1. The van der Waals surface area contributed by atoms with Crippen molar-refractivity contribution in [2.45, 2.75) is 88.0 Å². The lowest BCUT2D eigenvalue weighted by Gasteiger charge is -2.31. The van der Waals surface area contributed by atoms with Gasteiger partial charge in [-0.1, -0.05) is 25.8 Å². The molecule has 1 saturated carbocycles. The highest BCUT2D eigenvalue weighted by Crippen LogP contribution is 2.41. The molecule has 2 amide bonds. The number of β-amino-alcohol motifs (C(OH)–C–C–N with tert-alkyl or cyclic N) is 1. The second kappa shape index (κ2) is 11.3. The number of carbonyl (C=O) groups excluding carboxylic acids is 2. The first kappa shape index (κ1) is 27.3. The van der Waals surface area contributed by atoms with Crippen molar-refractivity contribution in [2.24, 2.45) is 5.41 Å². The van der Waals surface area contributed by atoms with Crippen LogP contribution in [0.2, 0.25) is 0 Å². The number of aliphatic hydroxyl groups is 1. The first-order valence-corrected chi connectivity index (χ1v) is 14.3. The molecule has 1 saturated heterocycles. The van der Waals surface area contributed by atoms with Crippen LogP contribution in [-0.2, 0) is 14.8 Å². The summed E-state index contributed by atoms with van der Waals surface area (Å²) in [4.78, 5) is 30.2. The van der Waals surface area contributed by atoms with Crippen molar-refractivity contribution in [1.29, 1.82) is 0 Å². The van der Waals surface area contributed by atoms with Crippen LogP contribution in [-0.4, -0.2) is 65.4 Å². The van der Waals surface area contributed by atoms with Crippen molar-refractivity contribution in [3.05, 3.63) is 48.6 Å². The van der Waals surface area contributed by atoms with Gasteiger partial charge in [-0.3, -0.25) is 9.59 Å². The number of rotatable bonds is 8. The second-order valence-electron chi connectivity index (χ2n) is 10.6. The summed E-state index contributed by atoms with van der Waals surface area (Å²) in [6.45, 7) is 3.73. The normalized spacial score (nSPS) is 25.2. The molecule has 0 bridgehead atoms. The number of nitrogens with one attached hydrogen (secondary N) is 2. The number of carbonyl (C=O) groups is 2. The largest absolute Gasteiger partial charge is 0.459 e. The Morgan fingerprint density at radius 1 is 1.22 bits per heavy atom. The number of hydrogen-bond acceptors (Lipinski definition) is 7. The minimum Gasteiger partial charge on any atom is -0.459 e. The van der Waals surface area contributed by atoms with Gasteiger partial charge in [-0.05, 0) is 68.7 Å². The fourth-order valence-electron chi connectivity index (χ4n) is 5.43. The van der Waals surface area contributed by atoms with E-state index in [9.17, 15) is 23.1 Å². The zero-order valence-corrected chi connectivity index (χ0v) is 22.1. The standard InChI is InChI=1S/C26H36N4O6S/c1-18-10-11-19(21(31)17-30(18)37(34,35)23-9-3-6-14-27-23)28-24(32)20(16-26(2)12-4-5-13-26)29-25(33)22-8-7-15-36-22/h3,6-9,14-15,18-21,31H,4-5,10-13,16-17H2,1-2H3,(H,28,32)(H,29,33)/t18-,19+,20?,21+/m1/s1. The van der Waals surface area contributed by atoms with Crippen molar-refractivity contribution >= 4 is 21.8 Å². The zero-order chi connectivity index (χ0) is 26.6. The first-order valence-electron chi connectivity index (χ1n) is 12.8. The van der Waals surface area contributed by atoms with Crippen LogP contribution in [0.4, 0.5) is 0 Å². The Kier molecular flexibility index (Phi) is 8.35. The van der Waals surface area contributed by atoms with Crippen LogP contribution in [0.3, 0.4) is 0 Å². The summed E-state index contributed by atoms with van der Waals surface area (Å²) in [5.74, 6) is -0.756. The molecule has 37 heavy (non-hydrogen) atoms. The second-order valence-corrected chi connectivity index (χ2v) is 12.4. The van der Waals surface area contributed by atoms with Gasteiger partial charge in [0.1, 0.15) is 6.04 Å². The lowest BCUT2D eigenvalue weighted by molar-refractivity contribution is -0.125. The number of hydrogen-bond donors (Lipinski definition) is 3. The molecule has 0 spiro atoms.